The fourth-order valence-corrected chi connectivity index (χ4v) is 2.96. The average Bonchev–Trinajstić information content (AvgIpc) is 3.34. The number of hydrogen-bond acceptors (Lipinski definition) is 4. The Balaban J connectivity index is 1.84. The van der Waals surface area contributed by atoms with Gasteiger partial charge < -0.3 is 10.0 Å². The molecular weight excluding hydrogens is 328 g/mol. The molecule has 128 valence electrons. The van der Waals surface area contributed by atoms with E-state index in [1.165, 1.54) is 0 Å². The fourth-order valence-electron chi connectivity index (χ4n) is 2.75. The summed E-state index contributed by atoms with van der Waals surface area (Å²) in [6.45, 7) is 2.62. The molecule has 0 saturated heterocycles. The Kier molecular flexibility index (Phi) is 5.16. The first-order valence-electron chi connectivity index (χ1n) is 8.22. The second kappa shape index (κ2) is 7.32. The minimum atomic E-state index is -0.0914. The molecule has 3 rings (SSSR count). The molecule has 0 radical (unpaired) electrons. The van der Waals surface area contributed by atoms with E-state index in [4.69, 9.17) is 16.7 Å². The van der Waals surface area contributed by atoms with E-state index in [9.17, 15) is 4.79 Å². The van der Waals surface area contributed by atoms with E-state index in [-0.39, 0.29) is 12.5 Å². The van der Waals surface area contributed by atoms with Crippen molar-refractivity contribution in [3.8, 4) is 5.69 Å². The minimum Gasteiger partial charge on any atom is -0.396 e. The number of aromatic nitrogens is 3. The first-order valence-corrected chi connectivity index (χ1v) is 8.60. The summed E-state index contributed by atoms with van der Waals surface area (Å²) in [7, 11) is 0. The van der Waals surface area contributed by atoms with Crippen molar-refractivity contribution in [2.24, 2.45) is 0 Å². The highest BCUT2D eigenvalue weighted by atomic mass is 35.5. The molecule has 0 unspecified atom stereocenters. The highest BCUT2D eigenvalue weighted by Crippen LogP contribution is 2.29. The number of nitrogens with zero attached hydrogens (tertiary/aromatic N) is 4. The van der Waals surface area contributed by atoms with Crippen LogP contribution in [0.4, 0.5) is 0 Å². The van der Waals surface area contributed by atoms with Crippen molar-refractivity contribution in [3.63, 3.8) is 0 Å². The highest BCUT2D eigenvalue weighted by molar-refractivity contribution is 6.32. The lowest BCUT2D eigenvalue weighted by Gasteiger charge is -2.21. The smallest absolute Gasteiger partial charge is 0.276 e. The largest absolute Gasteiger partial charge is 0.396 e. The van der Waals surface area contributed by atoms with Crippen LogP contribution >= 0.6 is 11.6 Å². The van der Waals surface area contributed by atoms with E-state index in [2.05, 4.69) is 10.3 Å². The molecule has 1 aromatic heterocycles. The van der Waals surface area contributed by atoms with Crippen molar-refractivity contribution in [1.82, 2.24) is 19.9 Å². The second-order valence-electron chi connectivity index (χ2n) is 6.05. The molecule has 1 aromatic carbocycles. The average molecular weight is 349 g/mol. The number of benzene rings is 1. The van der Waals surface area contributed by atoms with Crippen molar-refractivity contribution >= 4 is 17.5 Å². The molecule has 0 spiro atoms. The standard InChI is InChI=1S/C17H21ClN4O2/c1-12-16(17(24)21(13-8-9-13)10-4-5-11-23)19-20-22(12)15-7-3-2-6-14(15)18/h2-3,6-7,13,23H,4-5,8-11H2,1H3. The van der Waals surface area contributed by atoms with E-state index in [0.717, 1.165) is 19.3 Å². The Labute approximate surface area is 146 Å². The Bertz CT molecular complexity index is 727. The van der Waals surface area contributed by atoms with Gasteiger partial charge >= 0.3 is 0 Å². The van der Waals surface area contributed by atoms with Gasteiger partial charge in [-0.15, -0.1) is 5.10 Å². The van der Waals surface area contributed by atoms with Crippen LogP contribution in [0.1, 0.15) is 41.9 Å². The van der Waals surface area contributed by atoms with Crippen molar-refractivity contribution in [3.05, 3.63) is 40.7 Å². The molecule has 0 aliphatic heterocycles. The SMILES string of the molecule is Cc1c(C(=O)N(CCCCO)C2CC2)nnn1-c1ccccc1Cl. The maximum atomic E-state index is 12.9. The zero-order valence-corrected chi connectivity index (χ0v) is 14.4. The van der Waals surface area contributed by atoms with Crippen molar-refractivity contribution < 1.29 is 9.90 Å². The molecule has 1 N–H and O–H groups in total. The first kappa shape index (κ1) is 16.9. The molecule has 0 bridgehead atoms. The molecule has 1 saturated carbocycles. The quantitative estimate of drug-likeness (QED) is 0.781. The zero-order chi connectivity index (χ0) is 17.1. The summed E-state index contributed by atoms with van der Waals surface area (Å²) in [5.41, 5.74) is 1.76. The Morgan fingerprint density at radius 1 is 1.38 bits per heavy atom. The molecule has 1 aliphatic rings. The van der Waals surface area contributed by atoms with Crippen LogP contribution in [0.25, 0.3) is 5.69 Å². The van der Waals surface area contributed by atoms with E-state index < -0.39 is 0 Å². The van der Waals surface area contributed by atoms with Crippen LogP contribution in [0.5, 0.6) is 0 Å². The van der Waals surface area contributed by atoms with E-state index in [1.54, 1.807) is 10.7 Å². The summed E-state index contributed by atoms with van der Waals surface area (Å²) >= 11 is 6.22. The maximum Gasteiger partial charge on any atom is 0.276 e. The van der Waals surface area contributed by atoms with Gasteiger partial charge in [-0.05, 0) is 44.7 Å². The van der Waals surface area contributed by atoms with Gasteiger partial charge in [0.1, 0.15) is 0 Å². The molecule has 7 heteroatoms. The summed E-state index contributed by atoms with van der Waals surface area (Å²) in [5, 5.41) is 17.7. The third kappa shape index (κ3) is 3.44. The monoisotopic (exact) mass is 348 g/mol. The number of hydrogen-bond donors (Lipinski definition) is 1. The Morgan fingerprint density at radius 2 is 2.12 bits per heavy atom. The number of halogens is 1. The highest BCUT2D eigenvalue weighted by Gasteiger charge is 2.34. The third-order valence-corrected chi connectivity index (χ3v) is 4.55. The molecule has 0 atom stereocenters. The van der Waals surface area contributed by atoms with Gasteiger partial charge in [0.05, 0.1) is 16.4 Å². The van der Waals surface area contributed by atoms with Gasteiger partial charge in [0.25, 0.3) is 5.91 Å². The molecule has 1 aliphatic carbocycles. The number of carbonyl (C=O) groups is 1. The van der Waals surface area contributed by atoms with Crippen LogP contribution < -0.4 is 0 Å². The van der Waals surface area contributed by atoms with Crippen LogP contribution in [0.2, 0.25) is 5.02 Å². The number of para-hydroxylation sites is 1. The van der Waals surface area contributed by atoms with Crippen molar-refractivity contribution in [2.45, 2.75) is 38.6 Å². The van der Waals surface area contributed by atoms with Gasteiger partial charge in [-0.1, -0.05) is 28.9 Å². The van der Waals surface area contributed by atoms with Crippen molar-refractivity contribution in [1.29, 1.82) is 0 Å². The second-order valence-corrected chi connectivity index (χ2v) is 6.45. The number of carbonyl (C=O) groups excluding carboxylic acids is 1. The van der Waals surface area contributed by atoms with Gasteiger partial charge in [0.2, 0.25) is 0 Å². The van der Waals surface area contributed by atoms with Gasteiger partial charge in [-0.25, -0.2) is 4.68 Å². The summed E-state index contributed by atoms with van der Waals surface area (Å²) in [6.07, 6.45) is 3.55. The molecule has 24 heavy (non-hydrogen) atoms. The summed E-state index contributed by atoms with van der Waals surface area (Å²) in [6, 6.07) is 7.64. The van der Waals surface area contributed by atoms with Gasteiger partial charge in [-0.2, -0.15) is 0 Å². The number of rotatable bonds is 7. The number of unbranched alkanes of at least 4 members (excludes halogenated alkanes) is 1. The molecule has 1 amide bonds. The van der Waals surface area contributed by atoms with Crippen molar-refractivity contribution in [2.75, 3.05) is 13.2 Å². The zero-order valence-electron chi connectivity index (χ0n) is 13.7. The predicted molar refractivity (Wildman–Crippen MR) is 91.5 cm³/mol. The first-order chi connectivity index (χ1) is 11.6. The topological polar surface area (TPSA) is 71.2 Å². The lowest BCUT2D eigenvalue weighted by atomic mass is 10.2. The third-order valence-electron chi connectivity index (χ3n) is 4.23. The normalized spacial score (nSPS) is 14.0. The van der Waals surface area contributed by atoms with Crippen LogP contribution in [0.15, 0.2) is 24.3 Å². The van der Waals surface area contributed by atoms with Gasteiger partial charge in [-0.3, -0.25) is 4.79 Å². The maximum absolute atomic E-state index is 12.9. The number of amides is 1. The predicted octanol–water partition coefficient (Wildman–Crippen LogP) is 2.61. The molecule has 1 heterocycles. The molecule has 2 aromatic rings. The van der Waals surface area contributed by atoms with Crippen LogP contribution in [-0.2, 0) is 0 Å². The van der Waals surface area contributed by atoms with Crippen LogP contribution in [-0.4, -0.2) is 50.1 Å². The van der Waals surface area contributed by atoms with E-state index >= 15 is 0 Å². The van der Waals surface area contributed by atoms with E-state index in [1.807, 2.05) is 30.0 Å². The Morgan fingerprint density at radius 3 is 2.79 bits per heavy atom. The minimum absolute atomic E-state index is 0.0914. The molecule has 6 nitrogen and oxygen atoms in total. The van der Waals surface area contributed by atoms with Crippen LogP contribution in [0, 0.1) is 6.92 Å². The Hall–Kier alpha value is -1.92. The molecule has 1 fully saturated rings. The summed E-state index contributed by atoms with van der Waals surface area (Å²) in [4.78, 5) is 14.8. The molecular formula is C17H21ClN4O2. The fraction of sp³-hybridized carbons (Fsp3) is 0.471. The number of aliphatic hydroxyl groups is 1. The van der Waals surface area contributed by atoms with E-state index in [0.29, 0.717) is 41.1 Å². The lowest BCUT2D eigenvalue weighted by Crippen LogP contribution is -2.34. The lowest BCUT2D eigenvalue weighted by molar-refractivity contribution is 0.0730. The summed E-state index contributed by atoms with van der Waals surface area (Å²) < 4.78 is 1.61. The number of aliphatic hydroxyl groups excluding tert-OH is 1. The van der Waals surface area contributed by atoms with Gasteiger partial charge in [0, 0.05) is 19.2 Å². The summed E-state index contributed by atoms with van der Waals surface area (Å²) in [5.74, 6) is -0.0914. The van der Waals surface area contributed by atoms with Gasteiger partial charge in [0.15, 0.2) is 5.69 Å². The van der Waals surface area contributed by atoms with Crippen LogP contribution in [0.3, 0.4) is 0 Å².